The molecule has 1 aromatic carbocycles. The van der Waals surface area contributed by atoms with Crippen LogP contribution in [0.5, 0.6) is 0 Å². The number of anilines is 1. The highest BCUT2D eigenvalue weighted by Crippen LogP contribution is 2.25. The Morgan fingerprint density at radius 3 is 2.64 bits per heavy atom. The lowest BCUT2D eigenvalue weighted by Crippen LogP contribution is -2.24. The molecular weight excluding hydrogens is 198 g/mol. The summed E-state index contributed by atoms with van der Waals surface area (Å²) in [6.45, 7) is 0.756. The van der Waals surface area contributed by atoms with Crippen LogP contribution in [0.4, 0.5) is 5.69 Å². The molecule has 0 spiro atoms. The molecule has 1 heterocycles. The van der Waals surface area contributed by atoms with Crippen molar-refractivity contribution >= 4 is 23.2 Å². The molecule has 0 aliphatic carbocycles. The summed E-state index contributed by atoms with van der Waals surface area (Å²) in [6, 6.07) is 9.74. The summed E-state index contributed by atoms with van der Waals surface area (Å²) < 4.78 is 0. The van der Waals surface area contributed by atoms with Crippen LogP contribution < -0.4 is 4.90 Å². The van der Waals surface area contributed by atoms with E-state index in [9.17, 15) is 4.79 Å². The second kappa shape index (κ2) is 4.01. The number of para-hydroxylation sites is 1. The van der Waals surface area contributed by atoms with E-state index in [0.29, 0.717) is 18.2 Å². The zero-order valence-corrected chi connectivity index (χ0v) is 8.57. The highest BCUT2D eigenvalue weighted by molar-refractivity contribution is 6.18. The van der Waals surface area contributed by atoms with Crippen LogP contribution in [0.15, 0.2) is 30.3 Å². The van der Waals surface area contributed by atoms with Gasteiger partial charge >= 0.3 is 0 Å². The minimum atomic E-state index is 0.182. The van der Waals surface area contributed by atoms with Gasteiger partial charge in [0.15, 0.2) is 0 Å². The van der Waals surface area contributed by atoms with Crippen molar-refractivity contribution in [2.24, 2.45) is 5.92 Å². The summed E-state index contributed by atoms with van der Waals surface area (Å²) >= 11 is 5.75. The lowest BCUT2D eigenvalue weighted by Gasteiger charge is -2.15. The SMILES string of the molecule is O=C1CC(CCl)CN1c1ccccc1. The molecule has 1 unspecified atom stereocenters. The van der Waals surface area contributed by atoms with Crippen molar-refractivity contribution in [1.29, 1.82) is 0 Å². The molecular formula is C11H12ClNO. The van der Waals surface area contributed by atoms with E-state index in [4.69, 9.17) is 11.6 Å². The predicted molar refractivity (Wildman–Crippen MR) is 57.6 cm³/mol. The molecule has 0 saturated carbocycles. The summed E-state index contributed by atoms with van der Waals surface area (Å²) in [6.07, 6.45) is 0.582. The monoisotopic (exact) mass is 209 g/mol. The first-order valence-electron chi connectivity index (χ1n) is 4.72. The van der Waals surface area contributed by atoms with Gasteiger partial charge in [0.05, 0.1) is 0 Å². The maximum absolute atomic E-state index is 11.6. The highest BCUT2D eigenvalue weighted by Gasteiger charge is 2.29. The topological polar surface area (TPSA) is 20.3 Å². The Morgan fingerprint density at radius 2 is 2.07 bits per heavy atom. The molecule has 3 heteroatoms. The number of carbonyl (C=O) groups is 1. The quantitative estimate of drug-likeness (QED) is 0.685. The maximum Gasteiger partial charge on any atom is 0.227 e. The van der Waals surface area contributed by atoms with Crippen molar-refractivity contribution in [3.05, 3.63) is 30.3 Å². The van der Waals surface area contributed by atoms with Crippen molar-refractivity contribution in [3.63, 3.8) is 0 Å². The van der Waals surface area contributed by atoms with Crippen molar-refractivity contribution in [2.45, 2.75) is 6.42 Å². The van der Waals surface area contributed by atoms with E-state index in [0.717, 1.165) is 12.2 Å². The molecule has 0 aromatic heterocycles. The molecule has 1 amide bonds. The fourth-order valence-electron chi connectivity index (χ4n) is 1.74. The van der Waals surface area contributed by atoms with Gasteiger partial charge in [-0.2, -0.15) is 0 Å². The zero-order chi connectivity index (χ0) is 9.97. The Morgan fingerprint density at radius 1 is 1.36 bits per heavy atom. The number of carbonyl (C=O) groups excluding carboxylic acids is 1. The van der Waals surface area contributed by atoms with E-state index in [1.165, 1.54) is 0 Å². The third-order valence-corrected chi connectivity index (χ3v) is 2.93. The molecule has 74 valence electrons. The number of nitrogens with zero attached hydrogens (tertiary/aromatic N) is 1. The number of halogens is 1. The molecule has 0 radical (unpaired) electrons. The first-order chi connectivity index (χ1) is 6.81. The number of hydrogen-bond acceptors (Lipinski definition) is 1. The van der Waals surface area contributed by atoms with Gasteiger partial charge in [0.25, 0.3) is 0 Å². The second-order valence-electron chi connectivity index (χ2n) is 3.56. The normalized spacial score (nSPS) is 21.6. The number of hydrogen-bond donors (Lipinski definition) is 0. The van der Waals surface area contributed by atoms with Crippen LogP contribution >= 0.6 is 11.6 Å². The first kappa shape index (κ1) is 9.53. The maximum atomic E-state index is 11.6. The number of amides is 1. The minimum Gasteiger partial charge on any atom is -0.312 e. The Bertz CT molecular complexity index is 325. The molecule has 2 nitrogen and oxygen atoms in total. The van der Waals surface area contributed by atoms with Crippen LogP contribution in [0.3, 0.4) is 0 Å². The Kier molecular flexibility index (Phi) is 2.73. The standard InChI is InChI=1S/C11H12ClNO/c12-7-9-6-11(14)13(8-9)10-4-2-1-3-5-10/h1-5,9H,6-8H2. The molecule has 1 saturated heterocycles. The number of benzene rings is 1. The van der Waals surface area contributed by atoms with E-state index >= 15 is 0 Å². The van der Waals surface area contributed by atoms with Crippen molar-refractivity contribution < 1.29 is 4.79 Å². The summed E-state index contributed by atoms with van der Waals surface area (Å²) in [5.74, 6) is 1.06. The molecule has 0 N–H and O–H groups in total. The lowest BCUT2D eigenvalue weighted by atomic mass is 10.1. The second-order valence-corrected chi connectivity index (χ2v) is 3.87. The average Bonchev–Trinajstić information content (AvgIpc) is 2.61. The summed E-state index contributed by atoms with van der Waals surface area (Å²) in [5.41, 5.74) is 0.977. The van der Waals surface area contributed by atoms with Crippen LogP contribution in [-0.4, -0.2) is 18.3 Å². The summed E-state index contributed by atoms with van der Waals surface area (Å²) in [7, 11) is 0. The van der Waals surface area contributed by atoms with Gasteiger partial charge in [-0.15, -0.1) is 11.6 Å². The van der Waals surface area contributed by atoms with Gasteiger partial charge in [-0.25, -0.2) is 0 Å². The molecule has 0 bridgehead atoms. The molecule has 1 aromatic rings. The fraction of sp³-hybridized carbons (Fsp3) is 0.364. The smallest absolute Gasteiger partial charge is 0.227 e. The Hall–Kier alpha value is -1.02. The fourth-order valence-corrected chi connectivity index (χ4v) is 1.95. The van der Waals surface area contributed by atoms with E-state index in [2.05, 4.69) is 0 Å². The van der Waals surface area contributed by atoms with Crippen LogP contribution in [0.2, 0.25) is 0 Å². The average molecular weight is 210 g/mol. The first-order valence-corrected chi connectivity index (χ1v) is 5.26. The Balaban J connectivity index is 2.17. The third-order valence-electron chi connectivity index (χ3n) is 2.49. The van der Waals surface area contributed by atoms with Gasteiger partial charge in [0, 0.05) is 24.5 Å². The van der Waals surface area contributed by atoms with E-state index in [-0.39, 0.29) is 5.91 Å². The largest absolute Gasteiger partial charge is 0.312 e. The van der Waals surface area contributed by atoms with Crippen molar-refractivity contribution in [1.82, 2.24) is 0 Å². The molecule has 1 atom stereocenters. The molecule has 1 aliphatic rings. The highest BCUT2D eigenvalue weighted by atomic mass is 35.5. The van der Waals surface area contributed by atoms with Gasteiger partial charge in [0.1, 0.15) is 0 Å². The van der Waals surface area contributed by atoms with Gasteiger partial charge in [0.2, 0.25) is 5.91 Å². The summed E-state index contributed by atoms with van der Waals surface area (Å²) in [4.78, 5) is 13.4. The minimum absolute atomic E-state index is 0.182. The molecule has 1 aliphatic heterocycles. The van der Waals surface area contributed by atoms with Gasteiger partial charge in [-0.3, -0.25) is 4.79 Å². The number of alkyl halides is 1. The van der Waals surface area contributed by atoms with E-state index in [1.54, 1.807) is 0 Å². The summed E-state index contributed by atoms with van der Waals surface area (Å²) in [5, 5.41) is 0. The number of rotatable bonds is 2. The van der Waals surface area contributed by atoms with Gasteiger partial charge in [-0.1, -0.05) is 18.2 Å². The predicted octanol–water partition coefficient (Wildman–Crippen LogP) is 2.28. The third kappa shape index (κ3) is 1.75. The molecule has 2 rings (SSSR count). The molecule has 14 heavy (non-hydrogen) atoms. The Labute approximate surface area is 88.5 Å². The molecule has 1 fully saturated rings. The van der Waals surface area contributed by atoms with E-state index < -0.39 is 0 Å². The zero-order valence-electron chi connectivity index (χ0n) is 7.82. The van der Waals surface area contributed by atoms with Crippen molar-refractivity contribution in [2.75, 3.05) is 17.3 Å². The van der Waals surface area contributed by atoms with Gasteiger partial charge < -0.3 is 4.90 Å². The van der Waals surface area contributed by atoms with Crippen LogP contribution in [0.1, 0.15) is 6.42 Å². The van der Waals surface area contributed by atoms with Crippen LogP contribution in [0.25, 0.3) is 0 Å². The van der Waals surface area contributed by atoms with Crippen molar-refractivity contribution in [3.8, 4) is 0 Å². The van der Waals surface area contributed by atoms with E-state index in [1.807, 2.05) is 35.2 Å². The lowest BCUT2D eigenvalue weighted by molar-refractivity contribution is -0.117. The van der Waals surface area contributed by atoms with Crippen LogP contribution in [-0.2, 0) is 4.79 Å². The van der Waals surface area contributed by atoms with Crippen LogP contribution in [0, 0.1) is 5.92 Å². The van der Waals surface area contributed by atoms with Gasteiger partial charge in [-0.05, 0) is 18.1 Å².